The van der Waals surface area contributed by atoms with Crippen LogP contribution in [0.3, 0.4) is 0 Å². The van der Waals surface area contributed by atoms with Crippen LogP contribution in [-0.4, -0.2) is 4.98 Å². The second-order valence-corrected chi connectivity index (χ2v) is 1.93. The molecule has 0 spiro atoms. The summed E-state index contributed by atoms with van der Waals surface area (Å²) in [6.45, 7) is 6.52. The molecule has 3 nitrogen and oxygen atoms in total. The molecule has 2 N–H and O–H groups in total. The summed E-state index contributed by atoms with van der Waals surface area (Å²) >= 11 is 0. The van der Waals surface area contributed by atoms with Crippen molar-refractivity contribution in [3.8, 4) is 0 Å². The van der Waals surface area contributed by atoms with Crippen molar-refractivity contribution in [2.45, 2.75) is 0 Å². The molecule has 1 aromatic heterocycles. The first kappa shape index (κ1) is 7.29. The van der Waals surface area contributed by atoms with Gasteiger partial charge in [0.25, 0.3) is 0 Å². The Morgan fingerprint density at radius 1 is 1.64 bits per heavy atom. The van der Waals surface area contributed by atoms with Crippen LogP contribution in [0.25, 0.3) is 10.5 Å². The Bertz CT molecular complexity index is 295. The monoisotopic (exact) mass is 145 g/mol. The predicted molar refractivity (Wildman–Crippen MR) is 43.0 cm³/mol. The van der Waals surface area contributed by atoms with E-state index in [-0.39, 0.29) is 0 Å². The van der Waals surface area contributed by atoms with Crippen molar-refractivity contribution in [1.29, 1.82) is 0 Å². The van der Waals surface area contributed by atoms with Crippen LogP contribution < -0.4 is 5.73 Å². The third-order valence-corrected chi connectivity index (χ3v) is 1.16. The molecule has 0 unspecified atom stereocenters. The van der Waals surface area contributed by atoms with Crippen LogP contribution in [0.4, 0.5) is 0 Å². The zero-order chi connectivity index (χ0) is 8.10. The minimum absolute atomic E-state index is 0.403. The van der Waals surface area contributed by atoms with E-state index in [1.807, 2.05) is 6.07 Å². The third kappa shape index (κ3) is 1.80. The average Bonchev–Trinajstić information content (AvgIpc) is 2.07. The Labute approximate surface area is 65.0 Å². The molecule has 0 bridgehead atoms. The molecule has 0 amide bonds. The highest BCUT2D eigenvalue weighted by Crippen LogP contribution is 2.02. The van der Waals surface area contributed by atoms with Crippen molar-refractivity contribution in [1.82, 2.24) is 4.98 Å². The van der Waals surface area contributed by atoms with Gasteiger partial charge in [-0.05, 0) is 12.1 Å². The average molecular weight is 145 g/mol. The summed E-state index contributed by atoms with van der Waals surface area (Å²) in [5.41, 5.74) is 6.54. The lowest BCUT2D eigenvalue weighted by Gasteiger charge is -1.95. The van der Waals surface area contributed by atoms with Crippen LogP contribution >= 0.6 is 0 Å². The van der Waals surface area contributed by atoms with E-state index in [1.165, 1.54) is 6.20 Å². The number of nitrogens with two attached hydrogens (primary N) is 1. The number of rotatable bonds is 1. The smallest absolute Gasteiger partial charge is 0.178 e. The molecule has 3 heteroatoms. The van der Waals surface area contributed by atoms with Gasteiger partial charge in [-0.2, -0.15) is 0 Å². The maximum atomic E-state index is 6.52. The molecule has 0 aromatic carbocycles. The largest absolute Gasteiger partial charge is 0.406 e. The molecule has 0 aliphatic heterocycles. The first-order valence-corrected chi connectivity index (χ1v) is 3.08. The zero-order valence-electron chi connectivity index (χ0n) is 5.86. The molecule has 1 heterocycles. The zero-order valence-corrected chi connectivity index (χ0v) is 5.86. The molecule has 0 aliphatic carbocycles. The Hall–Kier alpha value is -1.82. The van der Waals surface area contributed by atoms with Crippen molar-refractivity contribution in [3.63, 3.8) is 0 Å². The minimum atomic E-state index is 0.403. The van der Waals surface area contributed by atoms with Crippen LogP contribution in [0.1, 0.15) is 5.69 Å². The first-order valence-electron chi connectivity index (χ1n) is 3.08. The van der Waals surface area contributed by atoms with Crippen LogP contribution in [0.5, 0.6) is 0 Å². The fourth-order valence-electron chi connectivity index (χ4n) is 0.669. The molecule has 0 aliphatic rings. The van der Waals surface area contributed by atoms with Gasteiger partial charge in [0.2, 0.25) is 0 Å². The lowest BCUT2D eigenvalue weighted by molar-refractivity contribution is 1.26. The second-order valence-electron chi connectivity index (χ2n) is 1.93. The molecule has 1 rings (SSSR count). The first-order chi connectivity index (χ1) is 5.34. The van der Waals surface area contributed by atoms with Gasteiger partial charge in [-0.1, -0.05) is 6.07 Å². The summed E-state index contributed by atoms with van der Waals surface area (Å²) in [5, 5.41) is 0. The van der Waals surface area contributed by atoms with Gasteiger partial charge in [0.15, 0.2) is 6.20 Å². The summed E-state index contributed by atoms with van der Waals surface area (Å²) < 4.78 is 0. The van der Waals surface area contributed by atoms with Gasteiger partial charge in [0.1, 0.15) is 0 Å². The van der Waals surface area contributed by atoms with Crippen molar-refractivity contribution in [3.05, 3.63) is 47.7 Å². The maximum absolute atomic E-state index is 6.52. The van der Waals surface area contributed by atoms with Gasteiger partial charge in [0, 0.05) is 6.20 Å². The minimum Gasteiger partial charge on any atom is -0.406 e. The summed E-state index contributed by atoms with van der Waals surface area (Å²) in [6, 6.07) is 5.39. The van der Waals surface area contributed by atoms with E-state index in [0.717, 1.165) is 0 Å². The van der Waals surface area contributed by atoms with Crippen molar-refractivity contribution < 1.29 is 0 Å². The number of nitrogens with zero attached hydrogens (tertiary/aromatic N) is 2. The summed E-state index contributed by atoms with van der Waals surface area (Å²) in [5.74, 6) is 0. The topological polar surface area (TPSA) is 43.3 Å². The van der Waals surface area contributed by atoms with E-state index in [2.05, 4.69) is 9.83 Å². The van der Waals surface area contributed by atoms with Gasteiger partial charge in [0.05, 0.1) is 18.0 Å². The number of hydrogen-bond acceptors (Lipinski definition) is 2. The van der Waals surface area contributed by atoms with Gasteiger partial charge < -0.3 is 5.73 Å². The molecule has 0 saturated heterocycles. The molecular weight excluding hydrogens is 138 g/mol. The molecule has 11 heavy (non-hydrogen) atoms. The highest BCUT2D eigenvalue weighted by Gasteiger charge is 1.92. The van der Waals surface area contributed by atoms with Crippen molar-refractivity contribution >= 4 is 5.70 Å². The summed E-state index contributed by atoms with van der Waals surface area (Å²) in [7, 11) is 0. The second kappa shape index (κ2) is 3.37. The van der Waals surface area contributed by atoms with Crippen molar-refractivity contribution in [2.24, 2.45) is 5.73 Å². The van der Waals surface area contributed by atoms with Gasteiger partial charge >= 0.3 is 0 Å². The quantitative estimate of drug-likeness (QED) is 0.604. The lowest BCUT2D eigenvalue weighted by Crippen LogP contribution is -1.96. The Balaban J connectivity index is 2.96. The van der Waals surface area contributed by atoms with E-state index in [4.69, 9.17) is 12.3 Å². The van der Waals surface area contributed by atoms with Crippen LogP contribution in [0, 0.1) is 6.57 Å². The maximum Gasteiger partial charge on any atom is 0.178 e. The standard InChI is InChI=1S/C8H7N3/c1-10-6-7(9)8-4-2-3-5-11-8/h2-6H,9H2/b7-6+. The van der Waals surface area contributed by atoms with E-state index in [1.54, 1.807) is 18.3 Å². The molecule has 0 saturated carbocycles. The van der Waals surface area contributed by atoms with Crippen LogP contribution in [-0.2, 0) is 0 Å². The Morgan fingerprint density at radius 3 is 3.00 bits per heavy atom. The van der Waals surface area contributed by atoms with Gasteiger partial charge in [-0.25, -0.2) is 4.85 Å². The SMILES string of the molecule is [C-]#[N+]/C=C(/N)c1ccccn1. The fraction of sp³-hybridized carbons (Fsp3) is 0. The normalized spacial score (nSPS) is 10.6. The number of pyridine rings is 1. The number of hydrogen-bond donors (Lipinski definition) is 1. The fourth-order valence-corrected chi connectivity index (χ4v) is 0.669. The van der Waals surface area contributed by atoms with Crippen LogP contribution in [0.2, 0.25) is 0 Å². The Kier molecular flexibility index (Phi) is 2.24. The summed E-state index contributed by atoms with van der Waals surface area (Å²) in [6.07, 6.45) is 2.89. The van der Waals surface area contributed by atoms with Crippen LogP contribution in [0.15, 0.2) is 30.6 Å². The third-order valence-electron chi connectivity index (χ3n) is 1.16. The molecule has 54 valence electrons. The summed E-state index contributed by atoms with van der Waals surface area (Å²) in [4.78, 5) is 7.00. The van der Waals surface area contributed by atoms with E-state index >= 15 is 0 Å². The lowest BCUT2D eigenvalue weighted by atomic mass is 10.3. The molecule has 0 radical (unpaired) electrons. The van der Waals surface area contributed by atoms with Gasteiger partial charge in [-0.15, -0.1) is 0 Å². The van der Waals surface area contributed by atoms with E-state index in [0.29, 0.717) is 11.4 Å². The highest BCUT2D eigenvalue weighted by molar-refractivity contribution is 5.59. The molecule has 0 atom stereocenters. The van der Waals surface area contributed by atoms with Crippen molar-refractivity contribution in [2.75, 3.05) is 0 Å². The Morgan fingerprint density at radius 2 is 2.45 bits per heavy atom. The molecular formula is C8H7N3. The molecule has 1 aromatic rings. The predicted octanol–water partition coefficient (Wildman–Crippen LogP) is 1.26. The highest BCUT2D eigenvalue weighted by atomic mass is 14.8. The molecule has 0 fully saturated rings. The number of aromatic nitrogens is 1. The van der Waals surface area contributed by atoms with Gasteiger partial charge in [-0.3, -0.25) is 4.98 Å². The van der Waals surface area contributed by atoms with E-state index < -0.39 is 0 Å². The van der Waals surface area contributed by atoms with E-state index in [9.17, 15) is 0 Å².